The molecule has 0 aliphatic carbocycles. The summed E-state index contributed by atoms with van der Waals surface area (Å²) in [5.41, 5.74) is 3.95. The Labute approximate surface area is 209 Å². The molecule has 1 heterocycles. The molecule has 182 valence electrons. The molecule has 0 amide bonds. The largest absolute Gasteiger partial charge is 0.450 e. The molecule has 0 saturated carbocycles. The van der Waals surface area contributed by atoms with Crippen LogP contribution in [0.4, 0.5) is 17.1 Å². The number of aryl methyl sites for hydroxylation is 1. The zero-order valence-electron chi connectivity index (χ0n) is 19.4. The zero-order chi connectivity index (χ0) is 25.9. The first-order chi connectivity index (χ1) is 17.9. The maximum atomic E-state index is 11.4. The number of nitro benzene ring substituents is 2. The number of hydrogen-bond donors (Lipinski definition) is 0. The third-order valence-electron chi connectivity index (χ3n) is 5.53. The summed E-state index contributed by atoms with van der Waals surface area (Å²) in [6.07, 6.45) is 1.63. The van der Waals surface area contributed by atoms with Crippen LogP contribution in [0.25, 0.3) is 22.6 Å². The highest BCUT2D eigenvalue weighted by Crippen LogP contribution is 2.34. The molecule has 0 spiro atoms. The van der Waals surface area contributed by atoms with E-state index in [1.54, 1.807) is 30.5 Å². The Bertz CT molecular complexity index is 1670. The van der Waals surface area contributed by atoms with Gasteiger partial charge in [-0.2, -0.15) is 0 Å². The second-order valence-electron chi connectivity index (χ2n) is 8.09. The number of nitrogens with zero attached hydrogens (tertiary/aromatic N) is 4. The number of rotatable bonds is 7. The van der Waals surface area contributed by atoms with Gasteiger partial charge in [-0.25, -0.2) is 4.98 Å². The highest BCUT2D eigenvalue weighted by molar-refractivity contribution is 5.83. The van der Waals surface area contributed by atoms with Crippen molar-refractivity contribution in [2.45, 2.75) is 6.92 Å². The molecule has 37 heavy (non-hydrogen) atoms. The second-order valence-corrected chi connectivity index (χ2v) is 8.09. The topological polar surface area (TPSA) is 134 Å². The van der Waals surface area contributed by atoms with E-state index < -0.39 is 21.2 Å². The van der Waals surface area contributed by atoms with Crippen LogP contribution < -0.4 is 4.74 Å². The van der Waals surface area contributed by atoms with Gasteiger partial charge >= 0.3 is 5.69 Å². The van der Waals surface area contributed by atoms with Crippen molar-refractivity contribution in [3.63, 3.8) is 0 Å². The van der Waals surface area contributed by atoms with Gasteiger partial charge in [0.15, 0.2) is 5.58 Å². The molecule has 10 heteroatoms. The average molecular weight is 494 g/mol. The number of hydrogen-bond acceptors (Lipinski definition) is 8. The van der Waals surface area contributed by atoms with Gasteiger partial charge in [-0.05, 0) is 66.6 Å². The molecule has 1 aromatic heterocycles. The lowest BCUT2D eigenvalue weighted by atomic mass is 10.2. The summed E-state index contributed by atoms with van der Waals surface area (Å²) in [6, 6.07) is 23.3. The number of nitro groups is 2. The maximum Gasteiger partial charge on any atom is 0.318 e. The van der Waals surface area contributed by atoms with Crippen molar-refractivity contribution >= 4 is 34.4 Å². The molecule has 0 unspecified atom stereocenters. The Morgan fingerprint density at radius 1 is 0.919 bits per heavy atom. The van der Waals surface area contributed by atoms with Crippen molar-refractivity contribution in [3.05, 3.63) is 116 Å². The van der Waals surface area contributed by atoms with Gasteiger partial charge < -0.3 is 9.15 Å². The van der Waals surface area contributed by atoms with Crippen LogP contribution in [0.2, 0.25) is 0 Å². The van der Waals surface area contributed by atoms with E-state index >= 15 is 0 Å². The lowest BCUT2D eigenvalue weighted by molar-refractivity contribution is -0.394. The van der Waals surface area contributed by atoms with Gasteiger partial charge in [-0.1, -0.05) is 24.3 Å². The van der Waals surface area contributed by atoms with Crippen molar-refractivity contribution in [2.75, 3.05) is 0 Å². The summed E-state index contributed by atoms with van der Waals surface area (Å²) >= 11 is 0. The molecule has 0 saturated heterocycles. The van der Waals surface area contributed by atoms with E-state index in [4.69, 9.17) is 9.15 Å². The fraction of sp³-hybridized carbons (Fsp3) is 0.0370. The van der Waals surface area contributed by atoms with E-state index in [9.17, 15) is 20.2 Å². The fourth-order valence-corrected chi connectivity index (χ4v) is 3.68. The Morgan fingerprint density at radius 2 is 1.70 bits per heavy atom. The Kier molecular flexibility index (Phi) is 6.13. The number of non-ortho nitro benzene ring substituents is 1. The van der Waals surface area contributed by atoms with Crippen molar-refractivity contribution in [1.29, 1.82) is 0 Å². The first-order valence-electron chi connectivity index (χ1n) is 11.1. The molecule has 0 aliphatic heterocycles. The van der Waals surface area contributed by atoms with E-state index in [0.717, 1.165) is 34.4 Å². The van der Waals surface area contributed by atoms with E-state index in [1.807, 2.05) is 49.4 Å². The molecular weight excluding hydrogens is 476 g/mol. The highest BCUT2D eigenvalue weighted by Gasteiger charge is 2.21. The quantitative estimate of drug-likeness (QED) is 0.133. The lowest BCUT2D eigenvalue weighted by Crippen LogP contribution is -1.96. The van der Waals surface area contributed by atoms with Crippen LogP contribution in [-0.4, -0.2) is 21.0 Å². The number of ether oxygens (including phenoxy) is 1. The third-order valence-corrected chi connectivity index (χ3v) is 5.53. The lowest BCUT2D eigenvalue weighted by Gasteiger charge is -2.07. The van der Waals surface area contributed by atoms with Gasteiger partial charge in [0.05, 0.1) is 21.6 Å². The summed E-state index contributed by atoms with van der Waals surface area (Å²) in [7, 11) is 0. The van der Waals surface area contributed by atoms with Gasteiger partial charge in [0, 0.05) is 17.8 Å². The van der Waals surface area contributed by atoms with Crippen molar-refractivity contribution in [2.24, 2.45) is 4.99 Å². The first-order valence-corrected chi connectivity index (χ1v) is 11.1. The molecular formula is C27H18N4O6. The minimum atomic E-state index is -0.723. The Morgan fingerprint density at radius 3 is 2.43 bits per heavy atom. The van der Waals surface area contributed by atoms with E-state index in [0.29, 0.717) is 22.9 Å². The molecule has 0 atom stereocenters. The van der Waals surface area contributed by atoms with E-state index in [2.05, 4.69) is 9.98 Å². The highest BCUT2D eigenvalue weighted by atomic mass is 16.6. The smallest absolute Gasteiger partial charge is 0.318 e. The molecule has 0 aliphatic rings. The third kappa shape index (κ3) is 5.03. The summed E-state index contributed by atoms with van der Waals surface area (Å²) < 4.78 is 11.5. The van der Waals surface area contributed by atoms with E-state index in [1.165, 1.54) is 6.07 Å². The van der Waals surface area contributed by atoms with Crippen LogP contribution in [0.15, 0.2) is 94.3 Å². The second kappa shape index (κ2) is 9.70. The van der Waals surface area contributed by atoms with Crippen LogP contribution in [-0.2, 0) is 0 Å². The predicted octanol–water partition coefficient (Wildman–Crippen LogP) is 7.16. The van der Waals surface area contributed by atoms with Crippen molar-refractivity contribution in [3.8, 4) is 23.0 Å². The Balaban J connectivity index is 1.33. The monoisotopic (exact) mass is 494 g/mol. The SMILES string of the molecule is Cc1cccc2oc(-c3ccc(N=Cc4cccc(Oc5ccc([N+](=O)[O-])cc5[N+](=O)[O-])c4)cc3)nc12. The molecule has 0 N–H and O–H groups in total. The standard InChI is InChI=1S/C27H18N4O6/c1-17-4-2-7-25-26(17)29-27(37-25)19-8-10-20(11-9-19)28-16-18-5-3-6-22(14-18)36-24-13-12-21(30(32)33)15-23(24)31(34)35/h2-16H,1H3. The maximum absolute atomic E-state index is 11.4. The summed E-state index contributed by atoms with van der Waals surface area (Å²) in [5.74, 6) is 0.752. The molecule has 5 aromatic rings. The predicted molar refractivity (Wildman–Crippen MR) is 138 cm³/mol. The molecule has 4 aromatic carbocycles. The van der Waals surface area contributed by atoms with Crippen LogP contribution in [0.5, 0.6) is 11.5 Å². The molecule has 5 rings (SSSR count). The van der Waals surface area contributed by atoms with Crippen LogP contribution in [0.3, 0.4) is 0 Å². The minimum absolute atomic E-state index is 0.102. The number of benzene rings is 4. The molecule has 0 radical (unpaired) electrons. The van der Waals surface area contributed by atoms with E-state index in [-0.39, 0.29) is 5.75 Å². The summed E-state index contributed by atoms with van der Waals surface area (Å²) in [5, 5.41) is 22.3. The summed E-state index contributed by atoms with van der Waals surface area (Å²) in [4.78, 5) is 29.9. The molecule has 0 fully saturated rings. The van der Waals surface area contributed by atoms with Crippen molar-refractivity contribution in [1.82, 2.24) is 4.98 Å². The van der Waals surface area contributed by atoms with Crippen LogP contribution in [0, 0.1) is 27.2 Å². The van der Waals surface area contributed by atoms with Gasteiger partial charge in [-0.3, -0.25) is 25.2 Å². The number of aliphatic imine (C=N–C) groups is 1. The number of oxazole rings is 1. The minimum Gasteiger partial charge on any atom is -0.450 e. The summed E-state index contributed by atoms with van der Waals surface area (Å²) in [6.45, 7) is 1.99. The first kappa shape index (κ1) is 23.4. The fourth-order valence-electron chi connectivity index (χ4n) is 3.68. The molecule has 10 nitrogen and oxygen atoms in total. The average Bonchev–Trinajstić information content (AvgIpc) is 3.34. The number of para-hydroxylation sites is 1. The number of aromatic nitrogens is 1. The van der Waals surface area contributed by atoms with Crippen molar-refractivity contribution < 1.29 is 19.0 Å². The zero-order valence-corrected chi connectivity index (χ0v) is 19.4. The normalized spacial score (nSPS) is 11.2. The molecule has 0 bridgehead atoms. The van der Waals surface area contributed by atoms with Gasteiger partial charge in [0.2, 0.25) is 11.6 Å². The van der Waals surface area contributed by atoms with Gasteiger partial charge in [-0.15, -0.1) is 0 Å². The van der Waals surface area contributed by atoms with Gasteiger partial charge in [0.25, 0.3) is 5.69 Å². The van der Waals surface area contributed by atoms with Gasteiger partial charge in [0.1, 0.15) is 11.3 Å². The van der Waals surface area contributed by atoms with Crippen LogP contribution in [0.1, 0.15) is 11.1 Å². The number of fused-ring (bicyclic) bond motifs is 1. The Hall–Kier alpha value is -5.38. The van der Waals surface area contributed by atoms with Crippen LogP contribution >= 0.6 is 0 Å².